The minimum atomic E-state index is -0.766. The van der Waals surface area contributed by atoms with Crippen LogP contribution in [0.25, 0.3) is 0 Å². The van der Waals surface area contributed by atoms with Crippen molar-refractivity contribution in [2.75, 3.05) is 0 Å². The summed E-state index contributed by atoms with van der Waals surface area (Å²) in [6, 6.07) is 12.9. The lowest BCUT2D eigenvalue weighted by atomic mass is 10.0. The molecule has 0 radical (unpaired) electrons. The fraction of sp³-hybridized carbons (Fsp3) is 0.188. The molecule has 2 aromatic carbocycles. The van der Waals surface area contributed by atoms with Crippen LogP contribution in [-0.4, -0.2) is 27.6 Å². The number of nitrogens with zero attached hydrogens (tertiary/aromatic N) is 1. The number of phenols is 2. The van der Waals surface area contributed by atoms with Gasteiger partial charge < -0.3 is 15.3 Å². The Morgan fingerprint density at radius 2 is 1.65 bits per heavy atom. The van der Waals surface area contributed by atoms with E-state index in [-0.39, 0.29) is 17.5 Å². The number of para-hydroxylation sites is 1. The second kappa shape index (κ2) is 6.21. The fourth-order valence-corrected chi connectivity index (χ4v) is 1.83. The molecule has 0 amide bonds. The van der Waals surface area contributed by atoms with Gasteiger partial charge in [0.1, 0.15) is 17.6 Å². The van der Waals surface area contributed by atoms with E-state index in [1.54, 1.807) is 43.5 Å². The Morgan fingerprint density at radius 3 is 2.30 bits per heavy atom. The van der Waals surface area contributed by atoms with E-state index in [4.69, 9.17) is 0 Å². The van der Waals surface area contributed by atoms with Crippen molar-refractivity contribution in [3.8, 4) is 11.5 Å². The van der Waals surface area contributed by atoms with Crippen LogP contribution in [0.2, 0.25) is 0 Å². The highest BCUT2D eigenvalue weighted by atomic mass is 16.3. The van der Waals surface area contributed by atoms with Crippen LogP contribution >= 0.6 is 0 Å². The first-order chi connectivity index (χ1) is 9.58. The van der Waals surface area contributed by atoms with Crippen LogP contribution in [0.4, 0.5) is 0 Å². The molecule has 0 saturated heterocycles. The number of hydrogen-bond donors (Lipinski definition) is 3. The molecule has 20 heavy (non-hydrogen) atoms. The summed E-state index contributed by atoms with van der Waals surface area (Å²) < 4.78 is 0. The monoisotopic (exact) mass is 271 g/mol. The van der Waals surface area contributed by atoms with Crippen LogP contribution in [0.5, 0.6) is 11.5 Å². The van der Waals surface area contributed by atoms with E-state index in [1.165, 1.54) is 12.1 Å². The standard InChI is InChI=1S/C16H17NO3/c1-11(16(20)12-6-8-14(18)9-7-12)17-10-13-4-2-3-5-15(13)19/h2-11,16,18-20H,1H3/t11-,16+/m0/s1. The first kappa shape index (κ1) is 14.1. The van der Waals surface area contributed by atoms with Gasteiger partial charge in [0.15, 0.2) is 0 Å². The Morgan fingerprint density at radius 1 is 1.00 bits per heavy atom. The Kier molecular flexibility index (Phi) is 4.38. The van der Waals surface area contributed by atoms with Gasteiger partial charge in [0, 0.05) is 11.8 Å². The van der Waals surface area contributed by atoms with Gasteiger partial charge in [-0.2, -0.15) is 0 Å². The van der Waals surface area contributed by atoms with Crippen molar-refractivity contribution in [3.05, 3.63) is 59.7 Å². The number of aromatic hydroxyl groups is 2. The summed E-state index contributed by atoms with van der Waals surface area (Å²) in [7, 11) is 0. The van der Waals surface area contributed by atoms with E-state index in [0.717, 1.165) is 0 Å². The Bertz CT molecular complexity index is 593. The summed E-state index contributed by atoms with van der Waals surface area (Å²) in [4.78, 5) is 4.26. The van der Waals surface area contributed by atoms with E-state index < -0.39 is 6.10 Å². The predicted molar refractivity (Wildman–Crippen MR) is 78.2 cm³/mol. The molecule has 3 N–H and O–H groups in total. The smallest absolute Gasteiger partial charge is 0.124 e. The molecule has 0 aliphatic carbocycles. The molecule has 0 aliphatic heterocycles. The summed E-state index contributed by atoms with van der Waals surface area (Å²) in [5, 5.41) is 29.0. The third-order valence-electron chi connectivity index (χ3n) is 3.08. The average molecular weight is 271 g/mol. The third kappa shape index (κ3) is 3.36. The summed E-state index contributed by atoms with van der Waals surface area (Å²) >= 11 is 0. The molecule has 4 nitrogen and oxygen atoms in total. The topological polar surface area (TPSA) is 73.1 Å². The molecule has 0 heterocycles. The van der Waals surface area contributed by atoms with Crippen LogP contribution in [0.1, 0.15) is 24.2 Å². The van der Waals surface area contributed by atoms with Crippen molar-refractivity contribution in [2.24, 2.45) is 4.99 Å². The van der Waals surface area contributed by atoms with Gasteiger partial charge in [0.05, 0.1) is 6.04 Å². The first-order valence-electron chi connectivity index (χ1n) is 6.36. The Hall–Kier alpha value is -2.33. The van der Waals surface area contributed by atoms with E-state index in [0.29, 0.717) is 11.1 Å². The second-order valence-corrected chi connectivity index (χ2v) is 4.61. The molecule has 0 bridgehead atoms. The highest BCUT2D eigenvalue weighted by Gasteiger charge is 2.14. The first-order valence-corrected chi connectivity index (χ1v) is 6.36. The zero-order valence-electron chi connectivity index (χ0n) is 11.1. The third-order valence-corrected chi connectivity index (χ3v) is 3.08. The zero-order valence-corrected chi connectivity index (χ0v) is 11.1. The number of benzene rings is 2. The lowest BCUT2D eigenvalue weighted by Gasteiger charge is -2.15. The fourth-order valence-electron chi connectivity index (χ4n) is 1.83. The normalized spacial score (nSPS) is 14.3. The quantitative estimate of drug-likeness (QED) is 0.748. The molecule has 0 fully saturated rings. The maximum atomic E-state index is 10.2. The maximum Gasteiger partial charge on any atom is 0.124 e. The van der Waals surface area contributed by atoms with Crippen molar-refractivity contribution in [1.29, 1.82) is 0 Å². The molecule has 0 aliphatic rings. The molecule has 0 unspecified atom stereocenters. The van der Waals surface area contributed by atoms with Gasteiger partial charge in [-0.15, -0.1) is 0 Å². The van der Waals surface area contributed by atoms with Crippen molar-refractivity contribution >= 4 is 6.21 Å². The molecular formula is C16H17NO3. The molecule has 2 aromatic rings. The molecule has 0 saturated carbocycles. The van der Waals surface area contributed by atoms with Crippen molar-refractivity contribution in [1.82, 2.24) is 0 Å². The summed E-state index contributed by atoms with van der Waals surface area (Å²) in [6.45, 7) is 1.79. The molecule has 2 atom stereocenters. The summed E-state index contributed by atoms with van der Waals surface area (Å²) in [5.74, 6) is 0.314. The molecule has 0 aromatic heterocycles. The largest absolute Gasteiger partial charge is 0.508 e. The predicted octanol–water partition coefficient (Wildman–Crippen LogP) is 2.64. The van der Waals surface area contributed by atoms with E-state index in [2.05, 4.69) is 4.99 Å². The number of phenolic OH excluding ortho intramolecular Hbond substituents is 2. The summed E-state index contributed by atoms with van der Waals surface area (Å²) in [6.07, 6.45) is 0.779. The summed E-state index contributed by atoms with van der Waals surface area (Å²) in [5.41, 5.74) is 1.29. The van der Waals surface area contributed by atoms with Crippen molar-refractivity contribution < 1.29 is 15.3 Å². The van der Waals surface area contributed by atoms with Crippen LogP contribution < -0.4 is 0 Å². The van der Waals surface area contributed by atoms with Gasteiger partial charge in [-0.05, 0) is 36.8 Å². The molecule has 2 rings (SSSR count). The van der Waals surface area contributed by atoms with E-state index >= 15 is 0 Å². The second-order valence-electron chi connectivity index (χ2n) is 4.61. The number of hydrogen-bond acceptors (Lipinski definition) is 4. The highest BCUT2D eigenvalue weighted by molar-refractivity contribution is 5.83. The number of aliphatic hydroxyl groups excluding tert-OH is 1. The van der Waals surface area contributed by atoms with E-state index in [1.807, 2.05) is 6.07 Å². The number of rotatable bonds is 4. The number of aliphatic hydroxyl groups is 1. The molecule has 104 valence electrons. The van der Waals surface area contributed by atoms with Gasteiger partial charge in [-0.25, -0.2) is 0 Å². The van der Waals surface area contributed by atoms with Crippen LogP contribution in [0.3, 0.4) is 0 Å². The van der Waals surface area contributed by atoms with E-state index in [9.17, 15) is 15.3 Å². The van der Waals surface area contributed by atoms with Crippen LogP contribution in [-0.2, 0) is 0 Å². The maximum absolute atomic E-state index is 10.2. The van der Waals surface area contributed by atoms with Gasteiger partial charge in [0.2, 0.25) is 0 Å². The van der Waals surface area contributed by atoms with Crippen molar-refractivity contribution in [3.63, 3.8) is 0 Å². The number of aliphatic imine (C=N–C) groups is 1. The molecule has 0 spiro atoms. The average Bonchev–Trinajstić information content (AvgIpc) is 2.46. The minimum absolute atomic E-state index is 0.155. The Balaban J connectivity index is 2.09. The SMILES string of the molecule is C[C@H](N=Cc1ccccc1O)[C@@H](O)c1ccc(O)cc1. The Labute approximate surface area is 117 Å². The van der Waals surface area contributed by atoms with Crippen molar-refractivity contribution in [2.45, 2.75) is 19.1 Å². The lowest BCUT2D eigenvalue weighted by Crippen LogP contribution is -2.12. The molecule has 4 heteroatoms. The van der Waals surface area contributed by atoms with Gasteiger partial charge >= 0.3 is 0 Å². The van der Waals surface area contributed by atoms with Crippen LogP contribution in [0.15, 0.2) is 53.5 Å². The van der Waals surface area contributed by atoms with Crippen LogP contribution in [0, 0.1) is 0 Å². The van der Waals surface area contributed by atoms with Gasteiger partial charge in [0.25, 0.3) is 0 Å². The molecular weight excluding hydrogens is 254 g/mol. The minimum Gasteiger partial charge on any atom is -0.508 e. The highest BCUT2D eigenvalue weighted by Crippen LogP contribution is 2.22. The lowest BCUT2D eigenvalue weighted by molar-refractivity contribution is 0.154. The zero-order chi connectivity index (χ0) is 14.5. The van der Waals surface area contributed by atoms with Gasteiger partial charge in [-0.3, -0.25) is 4.99 Å². The van der Waals surface area contributed by atoms with Gasteiger partial charge in [-0.1, -0.05) is 24.3 Å².